The van der Waals surface area contributed by atoms with E-state index in [1.54, 1.807) is 6.92 Å². The standard InChI is InChI=1S/C7H13N5O/c1-4(8)3-9-7(13)6-10-5(2)11-12-6/h4H,3,8H2,1-2H3,(H,9,13)(H,10,11,12). The molecule has 1 amide bonds. The highest BCUT2D eigenvalue weighted by atomic mass is 16.2. The van der Waals surface area contributed by atoms with E-state index in [1.165, 1.54) is 0 Å². The molecule has 1 heterocycles. The summed E-state index contributed by atoms with van der Waals surface area (Å²) in [5, 5.41) is 8.89. The maximum Gasteiger partial charge on any atom is 0.291 e. The molecule has 6 nitrogen and oxygen atoms in total. The number of nitrogens with one attached hydrogen (secondary N) is 2. The van der Waals surface area contributed by atoms with Crippen molar-refractivity contribution in [1.82, 2.24) is 20.5 Å². The van der Waals surface area contributed by atoms with Crippen molar-refractivity contribution in [3.05, 3.63) is 11.6 Å². The van der Waals surface area contributed by atoms with Crippen LogP contribution < -0.4 is 11.1 Å². The number of carbonyl (C=O) groups excluding carboxylic acids is 1. The zero-order valence-electron chi connectivity index (χ0n) is 7.66. The summed E-state index contributed by atoms with van der Waals surface area (Å²) in [7, 11) is 0. The Morgan fingerprint density at radius 2 is 2.46 bits per heavy atom. The van der Waals surface area contributed by atoms with Crippen molar-refractivity contribution < 1.29 is 4.79 Å². The molecule has 0 aromatic carbocycles. The number of aryl methyl sites for hydroxylation is 1. The molecule has 0 spiro atoms. The fourth-order valence-corrected chi connectivity index (χ4v) is 0.777. The quantitative estimate of drug-likeness (QED) is 0.571. The lowest BCUT2D eigenvalue weighted by molar-refractivity contribution is 0.0941. The van der Waals surface area contributed by atoms with E-state index >= 15 is 0 Å². The third-order valence-corrected chi connectivity index (χ3v) is 1.38. The average molecular weight is 183 g/mol. The predicted octanol–water partition coefficient (Wildman–Crippen LogP) is -0.810. The van der Waals surface area contributed by atoms with Crippen molar-refractivity contribution >= 4 is 5.91 Å². The van der Waals surface area contributed by atoms with E-state index in [-0.39, 0.29) is 17.8 Å². The van der Waals surface area contributed by atoms with Gasteiger partial charge in [0.25, 0.3) is 5.91 Å². The van der Waals surface area contributed by atoms with E-state index in [0.29, 0.717) is 12.4 Å². The summed E-state index contributed by atoms with van der Waals surface area (Å²) in [6.07, 6.45) is 0. The van der Waals surface area contributed by atoms with E-state index in [0.717, 1.165) is 0 Å². The van der Waals surface area contributed by atoms with Crippen molar-refractivity contribution in [3.63, 3.8) is 0 Å². The molecule has 0 aliphatic heterocycles. The van der Waals surface area contributed by atoms with Gasteiger partial charge in [-0.1, -0.05) is 0 Å². The van der Waals surface area contributed by atoms with E-state index in [2.05, 4.69) is 20.5 Å². The number of nitrogens with zero attached hydrogens (tertiary/aromatic N) is 2. The highest BCUT2D eigenvalue weighted by Crippen LogP contribution is 1.89. The molecule has 0 saturated carbocycles. The van der Waals surface area contributed by atoms with Crippen LogP contribution in [0.5, 0.6) is 0 Å². The van der Waals surface area contributed by atoms with Gasteiger partial charge in [-0.2, -0.15) is 0 Å². The number of aromatic amines is 1. The van der Waals surface area contributed by atoms with Crippen LogP contribution in [-0.4, -0.2) is 33.7 Å². The Labute approximate surface area is 75.9 Å². The van der Waals surface area contributed by atoms with Crippen molar-refractivity contribution in [3.8, 4) is 0 Å². The molecule has 0 saturated heterocycles. The van der Waals surface area contributed by atoms with E-state index in [1.807, 2.05) is 6.92 Å². The van der Waals surface area contributed by atoms with E-state index in [9.17, 15) is 4.79 Å². The molecule has 1 aromatic rings. The zero-order chi connectivity index (χ0) is 9.84. The molecule has 0 bridgehead atoms. The fraction of sp³-hybridized carbons (Fsp3) is 0.571. The number of rotatable bonds is 3. The Hall–Kier alpha value is -1.43. The van der Waals surface area contributed by atoms with Crippen LogP contribution in [0, 0.1) is 6.92 Å². The highest BCUT2D eigenvalue weighted by Gasteiger charge is 2.10. The van der Waals surface area contributed by atoms with Gasteiger partial charge >= 0.3 is 0 Å². The first-order valence-electron chi connectivity index (χ1n) is 4.02. The lowest BCUT2D eigenvalue weighted by Crippen LogP contribution is -2.35. The minimum absolute atomic E-state index is 0.0658. The molecule has 0 aliphatic rings. The van der Waals surface area contributed by atoms with E-state index in [4.69, 9.17) is 5.73 Å². The van der Waals surface area contributed by atoms with Crippen LogP contribution in [0.4, 0.5) is 0 Å². The molecule has 1 unspecified atom stereocenters. The summed E-state index contributed by atoms with van der Waals surface area (Å²) in [6.45, 7) is 3.96. The SMILES string of the molecule is Cc1nc(C(=O)NCC(C)N)n[nH]1. The van der Waals surface area contributed by atoms with Gasteiger partial charge in [-0.15, -0.1) is 5.10 Å². The molecular weight excluding hydrogens is 170 g/mol. The third-order valence-electron chi connectivity index (χ3n) is 1.38. The average Bonchev–Trinajstić information content (AvgIpc) is 2.47. The molecule has 0 radical (unpaired) electrons. The number of hydrogen-bond donors (Lipinski definition) is 3. The summed E-state index contributed by atoms with van der Waals surface area (Å²) in [5.74, 6) is 0.464. The minimum Gasteiger partial charge on any atom is -0.348 e. The van der Waals surface area contributed by atoms with Gasteiger partial charge in [0.15, 0.2) is 0 Å². The maximum atomic E-state index is 11.3. The predicted molar refractivity (Wildman–Crippen MR) is 47.1 cm³/mol. The first kappa shape index (κ1) is 9.66. The molecule has 6 heteroatoms. The third kappa shape index (κ3) is 2.83. The molecule has 0 aliphatic carbocycles. The van der Waals surface area contributed by atoms with Crippen molar-refractivity contribution in [2.24, 2.45) is 5.73 Å². The van der Waals surface area contributed by atoms with Crippen LogP contribution in [0.1, 0.15) is 23.4 Å². The highest BCUT2D eigenvalue weighted by molar-refractivity contribution is 5.90. The summed E-state index contributed by atoms with van der Waals surface area (Å²) in [4.78, 5) is 15.1. The molecule has 4 N–H and O–H groups in total. The zero-order valence-corrected chi connectivity index (χ0v) is 7.66. The van der Waals surface area contributed by atoms with Gasteiger partial charge in [0, 0.05) is 12.6 Å². The van der Waals surface area contributed by atoms with Crippen molar-refractivity contribution in [2.75, 3.05) is 6.54 Å². The fourth-order valence-electron chi connectivity index (χ4n) is 0.777. The molecule has 13 heavy (non-hydrogen) atoms. The van der Waals surface area contributed by atoms with Crippen LogP contribution in [-0.2, 0) is 0 Å². The van der Waals surface area contributed by atoms with E-state index < -0.39 is 0 Å². The van der Waals surface area contributed by atoms with Crippen molar-refractivity contribution in [2.45, 2.75) is 19.9 Å². The summed E-state index contributed by atoms with van der Waals surface area (Å²) < 4.78 is 0. The van der Waals surface area contributed by atoms with Crippen LogP contribution in [0.25, 0.3) is 0 Å². The number of hydrogen-bond acceptors (Lipinski definition) is 4. The second-order valence-corrected chi connectivity index (χ2v) is 2.93. The number of H-pyrrole nitrogens is 1. The number of amides is 1. The molecule has 1 aromatic heterocycles. The Morgan fingerprint density at radius 3 is 2.92 bits per heavy atom. The topological polar surface area (TPSA) is 96.7 Å². The van der Waals surface area contributed by atoms with Gasteiger partial charge in [0.1, 0.15) is 5.82 Å². The Bertz CT molecular complexity index is 293. The van der Waals surface area contributed by atoms with Gasteiger partial charge in [0.05, 0.1) is 0 Å². The Morgan fingerprint density at radius 1 is 1.77 bits per heavy atom. The molecule has 1 atom stereocenters. The van der Waals surface area contributed by atoms with Crippen molar-refractivity contribution in [1.29, 1.82) is 0 Å². The van der Waals surface area contributed by atoms with Gasteiger partial charge in [-0.3, -0.25) is 9.89 Å². The molecule has 0 fully saturated rings. The van der Waals surface area contributed by atoms with Gasteiger partial charge in [-0.05, 0) is 13.8 Å². The number of nitrogens with two attached hydrogens (primary N) is 1. The molecular formula is C7H13N5O. The van der Waals surface area contributed by atoms with Crippen LogP contribution in [0.3, 0.4) is 0 Å². The smallest absolute Gasteiger partial charge is 0.291 e. The lowest BCUT2D eigenvalue weighted by atomic mass is 10.3. The molecule has 72 valence electrons. The summed E-state index contributed by atoms with van der Waals surface area (Å²) >= 11 is 0. The Kier molecular flexibility index (Phi) is 2.97. The summed E-state index contributed by atoms with van der Waals surface area (Å²) in [6, 6.07) is -0.0658. The summed E-state index contributed by atoms with van der Waals surface area (Å²) in [5.41, 5.74) is 5.46. The van der Waals surface area contributed by atoms with Crippen LogP contribution in [0.15, 0.2) is 0 Å². The van der Waals surface area contributed by atoms with Gasteiger partial charge in [-0.25, -0.2) is 4.98 Å². The lowest BCUT2D eigenvalue weighted by Gasteiger charge is -2.04. The first-order valence-corrected chi connectivity index (χ1v) is 4.02. The second-order valence-electron chi connectivity index (χ2n) is 2.93. The minimum atomic E-state index is -0.304. The largest absolute Gasteiger partial charge is 0.348 e. The normalized spacial score (nSPS) is 12.5. The molecule has 1 rings (SSSR count). The van der Waals surface area contributed by atoms with Crippen LogP contribution >= 0.6 is 0 Å². The van der Waals surface area contributed by atoms with Gasteiger partial charge < -0.3 is 11.1 Å². The maximum absolute atomic E-state index is 11.3. The number of aromatic nitrogens is 3. The number of carbonyl (C=O) groups is 1. The first-order chi connectivity index (χ1) is 6.09. The second kappa shape index (κ2) is 3.99. The van der Waals surface area contributed by atoms with Crippen LogP contribution in [0.2, 0.25) is 0 Å². The monoisotopic (exact) mass is 183 g/mol. The van der Waals surface area contributed by atoms with Gasteiger partial charge in [0.2, 0.25) is 5.82 Å². The Balaban J connectivity index is 2.49.